The van der Waals surface area contributed by atoms with Crippen molar-refractivity contribution < 1.29 is 5.11 Å². The van der Waals surface area contributed by atoms with E-state index in [4.69, 9.17) is 11.6 Å². The highest BCUT2D eigenvalue weighted by atomic mass is 35.5. The van der Waals surface area contributed by atoms with Gasteiger partial charge in [-0.1, -0.05) is 29.8 Å². The van der Waals surface area contributed by atoms with Gasteiger partial charge in [0, 0.05) is 31.2 Å². The van der Waals surface area contributed by atoms with Crippen LogP contribution in [0.3, 0.4) is 0 Å². The minimum Gasteiger partial charge on any atom is -0.394 e. The van der Waals surface area contributed by atoms with Gasteiger partial charge in [-0.25, -0.2) is 0 Å². The molecule has 0 radical (unpaired) electrons. The lowest BCUT2D eigenvalue weighted by molar-refractivity contribution is 0.0748. The van der Waals surface area contributed by atoms with E-state index >= 15 is 0 Å². The Morgan fingerprint density at radius 2 is 1.88 bits per heavy atom. The Morgan fingerprint density at radius 1 is 1.24 bits per heavy atom. The number of halogens is 1. The summed E-state index contributed by atoms with van der Waals surface area (Å²) in [5.41, 5.74) is 1.03. The van der Waals surface area contributed by atoms with Gasteiger partial charge >= 0.3 is 0 Å². The number of nitrogens with zero attached hydrogens (tertiary/aromatic N) is 2. The quantitative estimate of drug-likeness (QED) is 0.888. The van der Waals surface area contributed by atoms with Crippen molar-refractivity contribution in [1.82, 2.24) is 9.80 Å². The molecule has 1 heterocycles. The third-order valence-corrected chi connectivity index (χ3v) is 3.76. The van der Waals surface area contributed by atoms with Crippen molar-refractivity contribution in [2.75, 3.05) is 39.8 Å². The highest BCUT2D eigenvalue weighted by Crippen LogP contribution is 2.27. The minimum absolute atomic E-state index is 0.0254. The van der Waals surface area contributed by atoms with Crippen LogP contribution in [0.4, 0.5) is 0 Å². The maximum atomic E-state index is 9.61. The van der Waals surface area contributed by atoms with Crippen molar-refractivity contribution >= 4 is 11.6 Å². The maximum absolute atomic E-state index is 9.61. The van der Waals surface area contributed by atoms with Crippen molar-refractivity contribution in [2.45, 2.75) is 6.04 Å². The van der Waals surface area contributed by atoms with E-state index in [0.717, 1.165) is 36.8 Å². The number of rotatable bonds is 3. The number of piperazine rings is 1. The van der Waals surface area contributed by atoms with Gasteiger partial charge < -0.3 is 10.0 Å². The Labute approximate surface area is 108 Å². The van der Waals surface area contributed by atoms with Crippen LogP contribution in [-0.2, 0) is 0 Å². The molecule has 3 nitrogen and oxygen atoms in total. The molecule has 0 amide bonds. The molecule has 0 aromatic heterocycles. The average molecular weight is 255 g/mol. The van der Waals surface area contributed by atoms with Crippen LogP contribution in [0.2, 0.25) is 5.02 Å². The highest BCUT2D eigenvalue weighted by molar-refractivity contribution is 6.31. The van der Waals surface area contributed by atoms with E-state index in [9.17, 15) is 5.11 Å². The molecule has 1 unspecified atom stereocenters. The van der Waals surface area contributed by atoms with Crippen LogP contribution >= 0.6 is 11.6 Å². The molecule has 1 aromatic rings. The second-order valence-electron chi connectivity index (χ2n) is 4.56. The molecule has 2 rings (SSSR count). The molecular weight excluding hydrogens is 236 g/mol. The van der Waals surface area contributed by atoms with Gasteiger partial charge in [0.1, 0.15) is 0 Å². The highest BCUT2D eigenvalue weighted by Gasteiger charge is 2.24. The second kappa shape index (κ2) is 5.83. The topological polar surface area (TPSA) is 26.7 Å². The molecule has 94 valence electrons. The zero-order valence-electron chi connectivity index (χ0n) is 10.1. The Kier molecular flexibility index (Phi) is 4.40. The first-order chi connectivity index (χ1) is 8.22. The fourth-order valence-corrected chi connectivity index (χ4v) is 2.55. The third-order valence-electron chi connectivity index (χ3n) is 3.42. The van der Waals surface area contributed by atoms with Crippen LogP contribution in [0.1, 0.15) is 11.6 Å². The molecule has 0 saturated carbocycles. The summed E-state index contributed by atoms with van der Waals surface area (Å²) < 4.78 is 0. The number of hydrogen-bond donors (Lipinski definition) is 1. The summed E-state index contributed by atoms with van der Waals surface area (Å²) in [5, 5.41) is 10.3. The third kappa shape index (κ3) is 2.99. The first-order valence-corrected chi connectivity index (χ1v) is 6.38. The molecule has 1 saturated heterocycles. The second-order valence-corrected chi connectivity index (χ2v) is 4.97. The first kappa shape index (κ1) is 12.8. The molecule has 0 spiro atoms. The van der Waals surface area contributed by atoms with Gasteiger partial charge in [0.25, 0.3) is 0 Å². The maximum Gasteiger partial charge on any atom is 0.0629 e. The van der Waals surface area contributed by atoms with Gasteiger partial charge in [-0.3, -0.25) is 4.90 Å². The molecule has 0 aliphatic carbocycles. The normalized spacial score (nSPS) is 20.4. The largest absolute Gasteiger partial charge is 0.394 e. The van der Waals surface area contributed by atoms with E-state index in [1.807, 2.05) is 24.3 Å². The van der Waals surface area contributed by atoms with Crippen molar-refractivity contribution in [3.8, 4) is 0 Å². The fourth-order valence-electron chi connectivity index (χ4n) is 2.29. The predicted octanol–water partition coefficient (Wildman–Crippen LogP) is 1.62. The number of hydrogen-bond acceptors (Lipinski definition) is 3. The number of aliphatic hydroxyl groups is 1. The molecule has 17 heavy (non-hydrogen) atoms. The molecule has 1 aromatic carbocycles. The van der Waals surface area contributed by atoms with E-state index in [-0.39, 0.29) is 12.6 Å². The van der Waals surface area contributed by atoms with Gasteiger partial charge in [-0.05, 0) is 18.7 Å². The number of aliphatic hydroxyl groups excluding tert-OH is 1. The van der Waals surface area contributed by atoms with Gasteiger partial charge in [-0.2, -0.15) is 0 Å². The molecule has 1 aliphatic rings. The van der Waals surface area contributed by atoms with Gasteiger partial charge in [0.2, 0.25) is 0 Å². The van der Waals surface area contributed by atoms with Crippen LogP contribution in [0.25, 0.3) is 0 Å². The van der Waals surface area contributed by atoms with Crippen molar-refractivity contribution in [3.63, 3.8) is 0 Å². The number of likely N-dealkylation sites (N-methyl/N-ethyl adjacent to an activating group) is 1. The van der Waals surface area contributed by atoms with E-state index < -0.39 is 0 Å². The van der Waals surface area contributed by atoms with Crippen molar-refractivity contribution in [3.05, 3.63) is 34.9 Å². The van der Waals surface area contributed by atoms with Crippen LogP contribution in [-0.4, -0.2) is 54.7 Å². The predicted molar refractivity (Wildman–Crippen MR) is 70.3 cm³/mol. The summed E-state index contributed by atoms with van der Waals surface area (Å²) in [4.78, 5) is 4.61. The molecule has 4 heteroatoms. The summed E-state index contributed by atoms with van der Waals surface area (Å²) in [5.74, 6) is 0. The number of benzene rings is 1. The zero-order valence-corrected chi connectivity index (χ0v) is 10.9. The van der Waals surface area contributed by atoms with Gasteiger partial charge in [-0.15, -0.1) is 0 Å². The van der Waals surface area contributed by atoms with E-state index in [0.29, 0.717) is 0 Å². The minimum atomic E-state index is 0.0254. The summed E-state index contributed by atoms with van der Waals surface area (Å²) in [7, 11) is 2.13. The molecule has 1 N–H and O–H groups in total. The zero-order chi connectivity index (χ0) is 12.3. The molecule has 0 bridgehead atoms. The average Bonchev–Trinajstić information content (AvgIpc) is 2.35. The first-order valence-electron chi connectivity index (χ1n) is 6.00. The van der Waals surface area contributed by atoms with Crippen LogP contribution < -0.4 is 0 Å². The van der Waals surface area contributed by atoms with Crippen molar-refractivity contribution in [1.29, 1.82) is 0 Å². The molecular formula is C13H19ClN2O. The lowest BCUT2D eigenvalue weighted by Gasteiger charge is -2.37. The molecule has 1 fully saturated rings. The summed E-state index contributed by atoms with van der Waals surface area (Å²) in [6.45, 7) is 4.16. The van der Waals surface area contributed by atoms with Gasteiger partial charge in [0.05, 0.1) is 12.6 Å². The summed E-state index contributed by atoms with van der Waals surface area (Å²) in [6, 6.07) is 7.80. The lowest BCUT2D eigenvalue weighted by atomic mass is 10.1. The van der Waals surface area contributed by atoms with Crippen molar-refractivity contribution in [2.24, 2.45) is 0 Å². The van der Waals surface area contributed by atoms with E-state index in [2.05, 4.69) is 16.8 Å². The lowest BCUT2D eigenvalue weighted by Crippen LogP contribution is -2.46. The monoisotopic (exact) mass is 254 g/mol. The fraction of sp³-hybridized carbons (Fsp3) is 0.538. The summed E-state index contributed by atoms with van der Waals surface area (Å²) >= 11 is 6.20. The smallest absolute Gasteiger partial charge is 0.0629 e. The van der Waals surface area contributed by atoms with Crippen LogP contribution in [0.5, 0.6) is 0 Å². The van der Waals surface area contributed by atoms with Crippen LogP contribution in [0.15, 0.2) is 24.3 Å². The SMILES string of the molecule is CN1CCN(C(CO)c2ccccc2Cl)CC1. The van der Waals surface area contributed by atoms with Crippen LogP contribution in [0, 0.1) is 0 Å². The van der Waals surface area contributed by atoms with Gasteiger partial charge in [0.15, 0.2) is 0 Å². The molecule has 1 atom stereocenters. The Bertz CT molecular complexity index is 364. The van der Waals surface area contributed by atoms with E-state index in [1.165, 1.54) is 0 Å². The van der Waals surface area contributed by atoms with E-state index in [1.54, 1.807) is 0 Å². The Hall–Kier alpha value is -0.610. The Morgan fingerprint density at radius 3 is 2.47 bits per heavy atom. The molecule has 1 aliphatic heterocycles. The summed E-state index contributed by atoms with van der Waals surface area (Å²) in [6.07, 6.45) is 0. The Balaban J connectivity index is 2.14. The standard InChI is InChI=1S/C13H19ClN2O/c1-15-6-8-16(9-7-15)13(10-17)11-4-2-3-5-12(11)14/h2-5,13,17H,6-10H2,1H3.